The van der Waals surface area contributed by atoms with E-state index >= 15 is 4.39 Å². The van der Waals surface area contributed by atoms with Gasteiger partial charge in [-0.05, 0) is 31.9 Å². The van der Waals surface area contributed by atoms with Gasteiger partial charge in [0.25, 0.3) is 5.91 Å². The van der Waals surface area contributed by atoms with E-state index in [2.05, 4.69) is 36.8 Å². The number of hydrogen-bond acceptors (Lipinski definition) is 8. The van der Waals surface area contributed by atoms with Crippen molar-refractivity contribution in [3.63, 3.8) is 0 Å². The second-order valence-corrected chi connectivity index (χ2v) is 9.23. The minimum atomic E-state index is -1.71. The fourth-order valence-corrected chi connectivity index (χ4v) is 4.38. The summed E-state index contributed by atoms with van der Waals surface area (Å²) in [6.45, 7) is 2.33. The predicted molar refractivity (Wildman–Crippen MR) is 132 cm³/mol. The van der Waals surface area contributed by atoms with Crippen LogP contribution in [-0.2, 0) is 12.1 Å². The second kappa shape index (κ2) is 8.60. The largest absolute Gasteiger partial charge is 0.491 e. The number of rotatable bonds is 4. The second-order valence-electron chi connectivity index (χ2n) is 9.23. The number of halogens is 1. The van der Waals surface area contributed by atoms with Gasteiger partial charge in [-0.25, -0.2) is 24.3 Å². The lowest BCUT2D eigenvalue weighted by molar-refractivity contribution is 0.0995. The maximum Gasteiger partial charge on any atom is 0.269 e. The van der Waals surface area contributed by atoms with Crippen LogP contribution in [0.15, 0.2) is 40.6 Å². The number of ether oxygens (including phenoxy) is 1. The molecule has 1 aromatic carbocycles. The standard InChI is InChI=1S/C26H22FN7O3/c1-26(36,25-29-7-2-8-30-25)6-5-15-11-16-19(12-17(15)27)37-10-9-34-21(20(22(28)35)33-24(16)34)18-13-31-23(32-18)14-3-4-14/h2,7-8,11-12,14,36H,3-4,9-10,13H2,1H3,(H2,28,35)/t26-/m1/s1. The molecule has 2 aromatic heterocycles. The average Bonchev–Trinajstić information content (AvgIpc) is 3.54. The van der Waals surface area contributed by atoms with Gasteiger partial charge in [-0.2, -0.15) is 0 Å². The van der Waals surface area contributed by atoms with Gasteiger partial charge in [0, 0.05) is 24.4 Å². The number of aromatic nitrogens is 4. The predicted octanol–water partition coefficient (Wildman–Crippen LogP) is 1.84. The average molecular weight is 500 g/mol. The molecule has 0 saturated heterocycles. The van der Waals surface area contributed by atoms with Crippen molar-refractivity contribution in [2.75, 3.05) is 13.2 Å². The Bertz CT molecular complexity index is 1560. The van der Waals surface area contributed by atoms with E-state index in [1.165, 1.54) is 31.5 Å². The number of nitrogens with zero attached hydrogens (tertiary/aromatic N) is 6. The molecule has 0 radical (unpaired) electrons. The Labute approximate surface area is 211 Å². The first kappa shape index (κ1) is 23.0. The van der Waals surface area contributed by atoms with Crippen LogP contribution in [0.3, 0.4) is 0 Å². The van der Waals surface area contributed by atoms with Crippen LogP contribution < -0.4 is 10.5 Å². The number of aliphatic hydroxyl groups is 1. The van der Waals surface area contributed by atoms with Crippen molar-refractivity contribution < 1.29 is 19.0 Å². The molecule has 1 aliphatic carbocycles. The zero-order valence-electron chi connectivity index (χ0n) is 19.9. The van der Waals surface area contributed by atoms with Gasteiger partial charge in [0.1, 0.15) is 29.8 Å². The molecule has 0 spiro atoms. The third kappa shape index (κ3) is 4.15. The molecule has 6 rings (SSSR count). The minimum Gasteiger partial charge on any atom is -0.491 e. The number of amides is 1. The normalized spacial score (nSPS) is 17.7. The van der Waals surface area contributed by atoms with Crippen molar-refractivity contribution in [1.82, 2.24) is 19.5 Å². The lowest BCUT2D eigenvalue weighted by Crippen LogP contribution is -2.21. The van der Waals surface area contributed by atoms with E-state index in [4.69, 9.17) is 10.5 Å². The number of carbonyl (C=O) groups excluding carboxylic acids is 1. The molecule has 186 valence electrons. The Morgan fingerprint density at radius 3 is 2.81 bits per heavy atom. The topological polar surface area (TPSA) is 141 Å². The zero-order chi connectivity index (χ0) is 25.7. The fourth-order valence-electron chi connectivity index (χ4n) is 4.38. The van der Waals surface area contributed by atoms with Crippen LogP contribution in [0.1, 0.15) is 47.3 Å². The monoisotopic (exact) mass is 499 g/mol. The maximum atomic E-state index is 15.0. The number of aliphatic imine (C=N–C) groups is 2. The molecule has 11 heteroatoms. The summed E-state index contributed by atoms with van der Waals surface area (Å²) in [5.74, 6) is 5.92. The third-order valence-electron chi connectivity index (χ3n) is 6.38. The number of amidine groups is 1. The Hall–Kier alpha value is -4.43. The zero-order valence-corrected chi connectivity index (χ0v) is 19.9. The smallest absolute Gasteiger partial charge is 0.269 e. The molecule has 3 N–H and O–H groups in total. The Morgan fingerprint density at radius 2 is 2.08 bits per heavy atom. The number of hydrogen-bond donors (Lipinski definition) is 2. The van der Waals surface area contributed by atoms with Crippen LogP contribution in [0, 0.1) is 23.6 Å². The van der Waals surface area contributed by atoms with E-state index in [1.807, 2.05) is 4.57 Å². The maximum absolute atomic E-state index is 15.0. The Morgan fingerprint density at radius 1 is 1.30 bits per heavy atom. The molecule has 4 heterocycles. The summed E-state index contributed by atoms with van der Waals surface area (Å²) in [5, 5.41) is 10.7. The lowest BCUT2D eigenvalue weighted by atomic mass is 10.0. The minimum absolute atomic E-state index is 0.00902. The summed E-state index contributed by atoms with van der Waals surface area (Å²) < 4.78 is 22.7. The summed E-state index contributed by atoms with van der Waals surface area (Å²) in [4.78, 5) is 34.2. The SMILES string of the molecule is C[C@@](O)(C#Cc1cc2c(cc1F)OCCn1c-2nc(C(N)=O)c1C1=NC(C2CC2)=NC1)c1ncccn1. The van der Waals surface area contributed by atoms with Gasteiger partial charge in [0.2, 0.25) is 0 Å². The number of imidazole rings is 1. The number of primary amides is 1. The number of fused-ring (bicyclic) bond motifs is 3. The van der Waals surface area contributed by atoms with E-state index < -0.39 is 17.3 Å². The van der Waals surface area contributed by atoms with Gasteiger partial charge in [-0.3, -0.25) is 9.79 Å². The van der Waals surface area contributed by atoms with Crippen molar-refractivity contribution in [3.8, 4) is 29.0 Å². The van der Waals surface area contributed by atoms with Gasteiger partial charge in [0.05, 0.1) is 35.6 Å². The molecule has 3 aromatic rings. The van der Waals surface area contributed by atoms with E-state index in [0.717, 1.165) is 18.7 Å². The highest BCUT2D eigenvalue weighted by Gasteiger charge is 2.34. The lowest BCUT2D eigenvalue weighted by Gasteiger charge is -2.13. The summed E-state index contributed by atoms with van der Waals surface area (Å²) in [7, 11) is 0. The van der Waals surface area contributed by atoms with E-state index in [1.54, 1.807) is 6.07 Å². The van der Waals surface area contributed by atoms with Crippen molar-refractivity contribution >= 4 is 17.5 Å². The molecule has 10 nitrogen and oxygen atoms in total. The van der Waals surface area contributed by atoms with Gasteiger partial charge in [-0.1, -0.05) is 11.8 Å². The van der Waals surface area contributed by atoms with Crippen LogP contribution in [0.4, 0.5) is 4.39 Å². The van der Waals surface area contributed by atoms with Crippen molar-refractivity contribution in [3.05, 3.63) is 59.2 Å². The van der Waals surface area contributed by atoms with Crippen LogP contribution in [-0.4, -0.2) is 55.2 Å². The highest BCUT2D eigenvalue weighted by atomic mass is 19.1. The molecular formula is C26H22FN7O3. The molecule has 37 heavy (non-hydrogen) atoms. The first-order chi connectivity index (χ1) is 17.8. The van der Waals surface area contributed by atoms with Gasteiger partial charge in [-0.15, -0.1) is 0 Å². The first-order valence-electron chi connectivity index (χ1n) is 11.8. The summed E-state index contributed by atoms with van der Waals surface area (Å²) in [5.41, 5.74) is 5.65. The molecule has 1 fully saturated rings. The molecule has 1 saturated carbocycles. The van der Waals surface area contributed by atoms with Crippen LogP contribution in [0.25, 0.3) is 11.4 Å². The summed E-state index contributed by atoms with van der Waals surface area (Å²) >= 11 is 0. The van der Waals surface area contributed by atoms with E-state index in [9.17, 15) is 9.90 Å². The van der Waals surface area contributed by atoms with Crippen LogP contribution in [0.5, 0.6) is 5.75 Å². The molecule has 0 unspecified atom stereocenters. The molecule has 2 aliphatic heterocycles. The van der Waals surface area contributed by atoms with Crippen LogP contribution >= 0.6 is 0 Å². The van der Waals surface area contributed by atoms with Crippen molar-refractivity contribution in [2.45, 2.75) is 31.9 Å². The van der Waals surface area contributed by atoms with Crippen LogP contribution in [0.2, 0.25) is 0 Å². The highest BCUT2D eigenvalue weighted by molar-refractivity contribution is 6.16. The fraction of sp³-hybridized carbons (Fsp3) is 0.308. The number of nitrogens with two attached hydrogens (primary N) is 1. The van der Waals surface area contributed by atoms with Gasteiger partial charge in [0.15, 0.2) is 17.1 Å². The third-order valence-corrected chi connectivity index (χ3v) is 6.38. The highest BCUT2D eigenvalue weighted by Crippen LogP contribution is 2.37. The number of carbonyl (C=O) groups is 1. The molecule has 0 bridgehead atoms. The van der Waals surface area contributed by atoms with Crippen molar-refractivity contribution in [1.29, 1.82) is 0 Å². The Kier molecular flexibility index (Phi) is 5.35. The van der Waals surface area contributed by atoms with Gasteiger partial charge >= 0.3 is 0 Å². The summed E-state index contributed by atoms with van der Waals surface area (Å²) in [6, 6.07) is 4.33. The Balaban J connectivity index is 1.45. The van der Waals surface area contributed by atoms with Gasteiger partial charge < -0.3 is 20.1 Å². The molecular weight excluding hydrogens is 477 g/mol. The molecule has 3 aliphatic rings. The van der Waals surface area contributed by atoms with E-state index in [0.29, 0.717) is 41.8 Å². The van der Waals surface area contributed by atoms with E-state index in [-0.39, 0.29) is 29.4 Å². The summed E-state index contributed by atoms with van der Waals surface area (Å²) in [6.07, 6.45) is 5.09. The first-order valence-corrected chi connectivity index (χ1v) is 11.8. The molecule has 1 atom stereocenters. The molecule has 1 amide bonds. The van der Waals surface area contributed by atoms with Crippen molar-refractivity contribution in [2.24, 2.45) is 21.6 Å². The number of benzene rings is 1. The quantitative estimate of drug-likeness (QED) is 0.525.